The second kappa shape index (κ2) is 8.63. The first kappa shape index (κ1) is 22.5. The van der Waals surface area contributed by atoms with Crippen LogP contribution in [-0.2, 0) is 15.0 Å². The van der Waals surface area contributed by atoms with Crippen LogP contribution >= 0.6 is 0 Å². The highest BCUT2D eigenvalue weighted by atomic mass is 16.5. The first-order chi connectivity index (χ1) is 17.5. The number of amides is 4. The Labute approximate surface area is 209 Å². The van der Waals surface area contributed by atoms with E-state index in [-0.39, 0.29) is 17.6 Å². The molecular weight excluding hydrogens is 454 g/mol. The summed E-state index contributed by atoms with van der Waals surface area (Å²) in [6, 6.07) is 15.7. The van der Waals surface area contributed by atoms with Gasteiger partial charge in [-0.1, -0.05) is 30.3 Å². The number of ether oxygens (including phenoxy) is 1. The number of imide groups is 2. The fraction of sp³-hybridized carbons (Fsp3) is 0.379. The van der Waals surface area contributed by atoms with E-state index >= 15 is 0 Å². The van der Waals surface area contributed by atoms with Crippen molar-refractivity contribution in [3.63, 3.8) is 0 Å². The van der Waals surface area contributed by atoms with Crippen LogP contribution in [-0.4, -0.2) is 24.5 Å². The van der Waals surface area contributed by atoms with Gasteiger partial charge in [-0.2, -0.15) is 5.26 Å². The number of benzene rings is 2. The number of hydrogen-bond donors (Lipinski definition) is 1. The minimum Gasteiger partial charge on any atom is -0.478 e. The predicted octanol–water partition coefficient (Wildman–Crippen LogP) is 4.72. The van der Waals surface area contributed by atoms with E-state index in [1.54, 1.807) is 24.3 Å². The lowest BCUT2D eigenvalue weighted by Crippen LogP contribution is -2.54. The normalized spacial score (nSPS) is 29.9. The largest absolute Gasteiger partial charge is 0.478 e. The Hall–Kier alpha value is -3.92. The lowest BCUT2D eigenvalue weighted by atomic mass is 9.48. The number of rotatable bonds is 5. The predicted molar refractivity (Wildman–Crippen MR) is 133 cm³/mol. The monoisotopic (exact) mass is 481 g/mol. The molecule has 4 bridgehead atoms. The first-order valence-electron chi connectivity index (χ1n) is 12.6. The van der Waals surface area contributed by atoms with Gasteiger partial charge in [-0.15, -0.1) is 0 Å². The molecule has 1 aliphatic heterocycles. The summed E-state index contributed by atoms with van der Waals surface area (Å²) in [4.78, 5) is 39.7. The van der Waals surface area contributed by atoms with Gasteiger partial charge in [0, 0.05) is 5.56 Å². The molecule has 36 heavy (non-hydrogen) atoms. The molecule has 182 valence electrons. The van der Waals surface area contributed by atoms with Crippen molar-refractivity contribution in [1.29, 1.82) is 5.26 Å². The molecular formula is C29H27N3O4. The average molecular weight is 482 g/mol. The average Bonchev–Trinajstić information content (AvgIpc) is 2.85. The van der Waals surface area contributed by atoms with Crippen molar-refractivity contribution in [2.75, 3.05) is 11.5 Å². The van der Waals surface area contributed by atoms with E-state index in [1.165, 1.54) is 50.2 Å². The number of para-hydroxylation sites is 1. The molecule has 0 atom stereocenters. The minimum absolute atomic E-state index is 0.166. The summed E-state index contributed by atoms with van der Waals surface area (Å²) in [6.45, 7) is -0.166. The number of nitrogens with one attached hydrogen (secondary N) is 1. The number of carbonyl (C=O) groups excluding carboxylic acids is 3. The maximum absolute atomic E-state index is 13.4. The highest BCUT2D eigenvalue weighted by Gasteiger charge is 2.51. The zero-order chi connectivity index (χ0) is 24.9. The highest BCUT2D eigenvalue weighted by molar-refractivity contribution is 6.39. The number of carbonyl (C=O) groups is 3. The van der Waals surface area contributed by atoms with Crippen LogP contribution in [0, 0.1) is 29.1 Å². The summed E-state index contributed by atoms with van der Waals surface area (Å²) in [5.74, 6) is 1.38. The molecule has 2 aromatic carbocycles. The Balaban J connectivity index is 1.29. The second-order valence-electron chi connectivity index (χ2n) is 10.7. The lowest BCUT2D eigenvalue weighted by molar-refractivity contribution is -0.122. The molecule has 0 radical (unpaired) electrons. The zero-order valence-corrected chi connectivity index (χ0v) is 19.9. The molecule has 4 aliphatic carbocycles. The van der Waals surface area contributed by atoms with Gasteiger partial charge in [0.1, 0.15) is 17.4 Å². The molecule has 7 rings (SSSR count). The van der Waals surface area contributed by atoms with E-state index in [0.29, 0.717) is 17.0 Å². The number of anilines is 1. The van der Waals surface area contributed by atoms with Gasteiger partial charge >= 0.3 is 6.03 Å². The fourth-order valence-corrected chi connectivity index (χ4v) is 7.32. The van der Waals surface area contributed by atoms with Crippen molar-refractivity contribution >= 4 is 29.6 Å². The summed E-state index contributed by atoms with van der Waals surface area (Å²) in [5, 5.41) is 11.1. The number of hydrogen-bond acceptors (Lipinski definition) is 5. The maximum Gasteiger partial charge on any atom is 0.335 e. The highest BCUT2D eigenvalue weighted by Crippen LogP contribution is 2.60. The van der Waals surface area contributed by atoms with Crippen molar-refractivity contribution in [2.24, 2.45) is 17.8 Å². The smallest absolute Gasteiger partial charge is 0.335 e. The SMILES string of the molecule is N#CCOc1ccccc1/C=C1\C(=O)NC(=O)N(c2ccc(C34CC5CC(CC(C5)C3)C4)cc2)C1=O. The van der Waals surface area contributed by atoms with Crippen molar-refractivity contribution in [2.45, 2.75) is 43.9 Å². The van der Waals surface area contributed by atoms with Crippen LogP contribution in [0.25, 0.3) is 6.08 Å². The summed E-state index contributed by atoms with van der Waals surface area (Å²) in [5.41, 5.74) is 2.24. The van der Waals surface area contributed by atoms with E-state index in [0.717, 1.165) is 22.7 Å². The second-order valence-corrected chi connectivity index (χ2v) is 10.7. The Morgan fingerprint density at radius 2 is 1.61 bits per heavy atom. The van der Waals surface area contributed by atoms with E-state index in [2.05, 4.69) is 17.4 Å². The lowest BCUT2D eigenvalue weighted by Gasteiger charge is -2.57. The molecule has 1 heterocycles. The summed E-state index contributed by atoms with van der Waals surface area (Å²) in [7, 11) is 0. The Bertz CT molecular complexity index is 1290. The van der Waals surface area contributed by atoms with Crippen LogP contribution in [0.3, 0.4) is 0 Å². The molecule has 5 fully saturated rings. The molecule has 4 amide bonds. The van der Waals surface area contributed by atoms with E-state index in [9.17, 15) is 14.4 Å². The van der Waals surface area contributed by atoms with Gasteiger partial charge < -0.3 is 4.74 Å². The quantitative estimate of drug-likeness (QED) is 0.492. The van der Waals surface area contributed by atoms with Crippen LogP contribution in [0.4, 0.5) is 10.5 Å². The molecule has 1 N–H and O–H groups in total. The van der Waals surface area contributed by atoms with Gasteiger partial charge in [0.2, 0.25) is 0 Å². The van der Waals surface area contributed by atoms with Gasteiger partial charge in [-0.25, -0.2) is 9.69 Å². The number of nitriles is 1. The first-order valence-corrected chi connectivity index (χ1v) is 12.6. The molecule has 0 unspecified atom stereocenters. The maximum atomic E-state index is 13.4. The number of barbiturate groups is 1. The standard InChI is InChI=1S/C29H27N3O4/c30-9-10-36-25-4-2-1-3-21(25)14-24-26(33)31-28(35)32(27(24)34)23-7-5-22(6-8-23)29-15-18-11-19(16-29)13-20(12-18)17-29/h1-8,14,18-20H,10-13,15-17H2,(H,31,33,35)/b24-14+. The summed E-state index contributed by atoms with van der Waals surface area (Å²) in [6.07, 6.45) is 9.20. The van der Waals surface area contributed by atoms with Crippen molar-refractivity contribution in [1.82, 2.24) is 5.32 Å². The Morgan fingerprint density at radius 1 is 0.972 bits per heavy atom. The van der Waals surface area contributed by atoms with E-state index in [4.69, 9.17) is 10.00 Å². The van der Waals surface area contributed by atoms with E-state index in [1.807, 2.05) is 18.2 Å². The molecule has 2 aromatic rings. The van der Waals surface area contributed by atoms with Gasteiger partial charge in [0.05, 0.1) is 5.69 Å². The van der Waals surface area contributed by atoms with Gasteiger partial charge in [-0.05, 0) is 91.5 Å². The van der Waals surface area contributed by atoms with Gasteiger partial charge in [0.15, 0.2) is 6.61 Å². The topological polar surface area (TPSA) is 99.5 Å². The molecule has 7 heteroatoms. The van der Waals surface area contributed by atoms with Crippen LogP contribution < -0.4 is 15.0 Å². The molecule has 5 aliphatic rings. The Kier molecular flexibility index (Phi) is 5.40. The van der Waals surface area contributed by atoms with Crippen molar-refractivity contribution in [3.8, 4) is 11.8 Å². The molecule has 0 spiro atoms. The van der Waals surface area contributed by atoms with Crippen LogP contribution in [0.15, 0.2) is 54.1 Å². The molecule has 0 aromatic heterocycles. The third kappa shape index (κ3) is 3.78. The molecule has 1 saturated heterocycles. The van der Waals surface area contributed by atoms with E-state index < -0.39 is 17.8 Å². The third-order valence-electron chi connectivity index (χ3n) is 8.39. The van der Waals surface area contributed by atoms with Crippen LogP contribution in [0.1, 0.15) is 49.7 Å². The number of urea groups is 1. The summed E-state index contributed by atoms with van der Waals surface area (Å²) < 4.78 is 5.42. The summed E-state index contributed by atoms with van der Waals surface area (Å²) >= 11 is 0. The molecule has 7 nitrogen and oxygen atoms in total. The van der Waals surface area contributed by atoms with Crippen molar-refractivity contribution < 1.29 is 19.1 Å². The van der Waals surface area contributed by atoms with Crippen LogP contribution in [0.2, 0.25) is 0 Å². The number of nitrogens with zero attached hydrogens (tertiary/aromatic N) is 2. The minimum atomic E-state index is -0.765. The zero-order valence-electron chi connectivity index (χ0n) is 19.9. The fourth-order valence-electron chi connectivity index (χ4n) is 7.32. The molecule has 4 saturated carbocycles. The van der Waals surface area contributed by atoms with Gasteiger partial charge in [0.25, 0.3) is 11.8 Å². The third-order valence-corrected chi connectivity index (χ3v) is 8.39. The van der Waals surface area contributed by atoms with Crippen molar-refractivity contribution in [3.05, 3.63) is 65.2 Å². The Morgan fingerprint density at radius 3 is 2.25 bits per heavy atom. The van der Waals surface area contributed by atoms with Gasteiger partial charge in [-0.3, -0.25) is 14.9 Å². The van der Waals surface area contributed by atoms with Crippen LogP contribution in [0.5, 0.6) is 5.75 Å².